The molecule has 0 bridgehead atoms. The van der Waals surface area contributed by atoms with Crippen LogP contribution in [0.2, 0.25) is 0 Å². The second-order valence-electron chi connectivity index (χ2n) is 9.98. The van der Waals surface area contributed by atoms with Crippen LogP contribution in [-0.4, -0.2) is 49.4 Å². The van der Waals surface area contributed by atoms with Crippen molar-refractivity contribution in [1.29, 1.82) is 5.26 Å². The van der Waals surface area contributed by atoms with Crippen molar-refractivity contribution in [1.82, 2.24) is 24.2 Å². The number of hydrogen-bond acceptors (Lipinski definition) is 7. The molecule has 0 spiro atoms. The average Bonchev–Trinajstić information content (AvgIpc) is 3.53. The fourth-order valence-corrected chi connectivity index (χ4v) is 6.61. The topological polar surface area (TPSA) is 83.0 Å². The van der Waals surface area contributed by atoms with Crippen LogP contribution in [0.1, 0.15) is 57.1 Å². The number of aromatic nitrogens is 4. The second-order valence-corrected chi connectivity index (χ2v) is 11.1. The Morgan fingerprint density at radius 2 is 1.95 bits per heavy atom. The van der Waals surface area contributed by atoms with Crippen molar-refractivity contribution in [2.75, 3.05) is 18.0 Å². The number of fused-ring (bicyclic) bond motifs is 2. The smallest absolute Gasteiger partial charge is 0.252 e. The van der Waals surface area contributed by atoms with Crippen LogP contribution in [0.25, 0.3) is 21.3 Å². The van der Waals surface area contributed by atoms with Gasteiger partial charge in [0.15, 0.2) is 0 Å². The highest BCUT2D eigenvalue weighted by Crippen LogP contribution is 2.35. The first-order valence-electron chi connectivity index (χ1n) is 13.2. The standard InChI is InChI=1S/C28H35N7OS/c1-6-20-16-35(23-14-27(36)32(5)24-17-33(12-11-29)31-28(23)24)21(7-2)15-34(20)18(4)19-9-10-22-25(13-19)37-26(8-3)30-22/h9-10,13-14,17-18,20-21H,6-8,12,15-16H2,1-5H3/t18?,20-,21+/m1/s1. The highest BCUT2D eigenvalue weighted by atomic mass is 32.1. The van der Waals surface area contributed by atoms with Crippen LogP contribution in [0.4, 0.5) is 5.69 Å². The van der Waals surface area contributed by atoms with Crippen LogP contribution < -0.4 is 10.5 Å². The Morgan fingerprint density at radius 1 is 1.16 bits per heavy atom. The first kappa shape index (κ1) is 25.4. The van der Waals surface area contributed by atoms with Gasteiger partial charge in [0.05, 0.1) is 38.7 Å². The van der Waals surface area contributed by atoms with E-state index in [2.05, 4.69) is 61.8 Å². The van der Waals surface area contributed by atoms with E-state index >= 15 is 0 Å². The summed E-state index contributed by atoms with van der Waals surface area (Å²) < 4.78 is 4.51. The number of nitrogens with zero attached hydrogens (tertiary/aromatic N) is 7. The summed E-state index contributed by atoms with van der Waals surface area (Å²) in [6.07, 6.45) is 4.74. The zero-order valence-corrected chi connectivity index (χ0v) is 23.1. The Kier molecular flexibility index (Phi) is 7.06. The van der Waals surface area contributed by atoms with Crippen molar-refractivity contribution in [3.8, 4) is 6.07 Å². The molecule has 1 aliphatic heterocycles. The number of anilines is 1. The van der Waals surface area contributed by atoms with Gasteiger partial charge in [-0.3, -0.25) is 14.4 Å². The summed E-state index contributed by atoms with van der Waals surface area (Å²) in [5.41, 5.74) is 4.79. The van der Waals surface area contributed by atoms with E-state index in [9.17, 15) is 10.1 Å². The van der Waals surface area contributed by atoms with Crippen LogP contribution in [0, 0.1) is 11.3 Å². The SMILES string of the molecule is CCc1nc2ccc(C(C)N3C[C@H](CC)N(c4cc(=O)n(C)c5cn(CC#N)nc45)C[C@H]3CC)cc2s1. The lowest BCUT2D eigenvalue weighted by molar-refractivity contribution is 0.101. The fraction of sp³-hybridized carbons (Fsp3) is 0.500. The summed E-state index contributed by atoms with van der Waals surface area (Å²) in [6.45, 7) is 10.8. The molecule has 3 atom stereocenters. The molecule has 0 aliphatic carbocycles. The van der Waals surface area contributed by atoms with E-state index in [-0.39, 0.29) is 24.2 Å². The molecule has 1 unspecified atom stereocenters. The van der Waals surface area contributed by atoms with Gasteiger partial charge >= 0.3 is 0 Å². The van der Waals surface area contributed by atoms with Crippen molar-refractivity contribution in [2.24, 2.45) is 7.05 Å². The molecular weight excluding hydrogens is 482 g/mol. The molecule has 0 amide bonds. The van der Waals surface area contributed by atoms with Crippen molar-refractivity contribution < 1.29 is 0 Å². The predicted octanol–water partition coefficient (Wildman–Crippen LogP) is 4.87. The van der Waals surface area contributed by atoms with Crippen LogP contribution >= 0.6 is 11.3 Å². The van der Waals surface area contributed by atoms with Gasteiger partial charge in [-0.2, -0.15) is 10.4 Å². The van der Waals surface area contributed by atoms with Crippen molar-refractivity contribution in [3.63, 3.8) is 0 Å². The number of hydrogen-bond donors (Lipinski definition) is 0. The Balaban J connectivity index is 1.49. The molecule has 3 aromatic heterocycles. The highest BCUT2D eigenvalue weighted by molar-refractivity contribution is 7.18. The molecule has 37 heavy (non-hydrogen) atoms. The Labute approximate surface area is 221 Å². The predicted molar refractivity (Wildman–Crippen MR) is 150 cm³/mol. The van der Waals surface area contributed by atoms with Gasteiger partial charge in [0.2, 0.25) is 0 Å². The van der Waals surface area contributed by atoms with Gasteiger partial charge in [0.25, 0.3) is 5.56 Å². The Hall–Kier alpha value is -3.22. The number of benzene rings is 1. The van der Waals surface area contributed by atoms with Gasteiger partial charge in [-0.1, -0.05) is 26.8 Å². The molecule has 0 N–H and O–H groups in total. The molecule has 4 aromatic rings. The summed E-state index contributed by atoms with van der Waals surface area (Å²) in [4.78, 5) is 22.7. The number of piperazine rings is 1. The zero-order valence-electron chi connectivity index (χ0n) is 22.3. The zero-order chi connectivity index (χ0) is 26.3. The first-order chi connectivity index (χ1) is 17.9. The third kappa shape index (κ3) is 4.53. The normalized spacial score (nSPS) is 19.5. The highest BCUT2D eigenvalue weighted by Gasteiger charge is 2.36. The molecule has 9 heteroatoms. The largest absolute Gasteiger partial charge is 0.364 e. The van der Waals surface area contributed by atoms with E-state index in [1.807, 2.05) is 0 Å². The van der Waals surface area contributed by atoms with Crippen LogP contribution in [0.15, 0.2) is 35.3 Å². The van der Waals surface area contributed by atoms with Gasteiger partial charge in [0.1, 0.15) is 12.1 Å². The Morgan fingerprint density at radius 3 is 2.65 bits per heavy atom. The first-order valence-corrected chi connectivity index (χ1v) is 14.1. The molecular formula is C28H35N7OS. The lowest BCUT2D eigenvalue weighted by Crippen LogP contribution is -2.58. The van der Waals surface area contributed by atoms with Crippen LogP contribution in [-0.2, 0) is 20.0 Å². The van der Waals surface area contributed by atoms with Gasteiger partial charge in [0, 0.05) is 44.3 Å². The van der Waals surface area contributed by atoms with Crippen molar-refractivity contribution in [3.05, 3.63) is 51.4 Å². The number of thiazole rings is 1. The molecule has 1 fully saturated rings. The van der Waals surface area contributed by atoms with Crippen LogP contribution in [0.3, 0.4) is 0 Å². The van der Waals surface area contributed by atoms with E-state index in [0.29, 0.717) is 6.04 Å². The number of pyridine rings is 1. The summed E-state index contributed by atoms with van der Waals surface area (Å²) in [5, 5.41) is 15.1. The Bertz CT molecular complexity index is 1530. The van der Waals surface area contributed by atoms with E-state index in [1.54, 1.807) is 39.9 Å². The maximum Gasteiger partial charge on any atom is 0.252 e. The minimum atomic E-state index is -0.0537. The molecule has 5 rings (SSSR count). The summed E-state index contributed by atoms with van der Waals surface area (Å²) in [6, 6.07) is 11.5. The fourth-order valence-electron chi connectivity index (χ4n) is 5.66. The quantitative estimate of drug-likeness (QED) is 0.348. The molecule has 0 saturated carbocycles. The van der Waals surface area contributed by atoms with E-state index in [1.165, 1.54) is 15.3 Å². The molecule has 1 saturated heterocycles. The summed E-state index contributed by atoms with van der Waals surface area (Å²) in [7, 11) is 1.77. The lowest BCUT2D eigenvalue weighted by Gasteiger charge is -2.49. The van der Waals surface area contributed by atoms with Crippen molar-refractivity contribution in [2.45, 2.75) is 71.6 Å². The molecule has 1 aliphatic rings. The summed E-state index contributed by atoms with van der Waals surface area (Å²) >= 11 is 1.80. The van der Waals surface area contributed by atoms with Gasteiger partial charge in [-0.05, 0) is 43.9 Å². The van der Waals surface area contributed by atoms with E-state index in [4.69, 9.17) is 10.1 Å². The van der Waals surface area contributed by atoms with E-state index < -0.39 is 0 Å². The molecule has 8 nitrogen and oxygen atoms in total. The van der Waals surface area contributed by atoms with Gasteiger partial charge in [-0.25, -0.2) is 4.98 Å². The molecule has 1 aromatic carbocycles. The monoisotopic (exact) mass is 517 g/mol. The maximum absolute atomic E-state index is 12.9. The third-order valence-electron chi connectivity index (χ3n) is 7.90. The number of rotatable bonds is 7. The summed E-state index contributed by atoms with van der Waals surface area (Å²) in [5.74, 6) is 0. The minimum absolute atomic E-state index is 0.0537. The van der Waals surface area contributed by atoms with Gasteiger partial charge in [-0.15, -0.1) is 11.3 Å². The third-order valence-corrected chi connectivity index (χ3v) is 9.06. The van der Waals surface area contributed by atoms with Crippen molar-refractivity contribution >= 4 is 38.3 Å². The number of aryl methyl sites for hydroxylation is 2. The molecule has 194 valence electrons. The lowest BCUT2D eigenvalue weighted by atomic mass is 9.96. The van der Waals surface area contributed by atoms with Gasteiger partial charge < -0.3 is 9.47 Å². The van der Waals surface area contributed by atoms with E-state index in [0.717, 1.165) is 54.6 Å². The molecule has 0 radical (unpaired) electrons. The minimum Gasteiger partial charge on any atom is -0.364 e. The second kappa shape index (κ2) is 10.3. The average molecular weight is 518 g/mol. The number of nitriles is 1. The maximum atomic E-state index is 12.9. The van der Waals surface area contributed by atoms with Crippen LogP contribution in [0.5, 0.6) is 0 Å². The molecule has 4 heterocycles.